The van der Waals surface area contributed by atoms with Crippen LogP contribution in [0, 0.1) is 10.8 Å². The van der Waals surface area contributed by atoms with Gasteiger partial charge in [-0.25, -0.2) is 0 Å². The lowest BCUT2D eigenvalue weighted by molar-refractivity contribution is -0.153. The van der Waals surface area contributed by atoms with Gasteiger partial charge in [0.1, 0.15) is 6.61 Å². The van der Waals surface area contributed by atoms with Gasteiger partial charge in [-0.2, -0.15) is 0 Å². The van der Waals surface area contributed by atoms with Gasteiger partial charge in [-0.3, -0.25) is 9.59 Å². The molecule has 1 saturated carbocycles. The summed E-state index contributed by atoms with van der Waals surface area (Å²) in [5, 5.41) is 9.00. The Hall–Kier alpha value is -2.60. The Balaban J connectivity index is 1.69. The van der Waals surface area contributed by atoms with Crippen molar-refractivity contribution in [3.8, 4) is 0 Å². The van der Waals surface area contributed by atoms with Crippen LogP contribution in [0.3, 0.4) is 0 Å². The summed E-state index contributed by atoms with van der Waals surface area (Å²) in [5.41, 5.74) is 0.730. The highest BCUT2D eigenvalue weighted by atomic mass is 16.6. The number of rotatable bonds is 8. The first-order valence-electron chi connectivity index (χ1n) is 9.43. The van der Waals surface area contributed by atoms with Gasteiger partial charge < -0.3 is 14.4 Å². The lowest BCUT2D eigenvalue weighted by Crippen LogP contribution is -2.26. The minimum absolute atomic E-state index is 0.236. The van der Waals surface area contributed by atoms with E-state index in [1.165, 1.54) is 0 Å². The van der Waals surface area contributed by atoms with E-state index in [1.807, 2.05) is 74.5 Å². The molecule has 1 N–H and O–H groups in total. The van der Waals surface area contributed by atoms with E-state index in [1.54, 1.807) is 0 Å². The van der Waals surface area contributed by atoms with Gasteiger partial charge in [0, 0.05) is 0 Å². The Kier molecular flexibility index (Phi) is 5.89. The third kappa shape index (κ3) is 4.12. The first-order valence-corrected chi connectivity index (χ1v) is 9.43. The Morgan fingerprint density at radius 2 is 1.68 bits per heavy atom. The number of hydrogen-bond acceptors (Lipinski definition) is 5. The maximum atomic E-state index is 12.8. The summed E-state index contributed by atoms with van der Waals surface area (Å²) in [6.07, 6.45) is 1.09. The average molecular weight is 380 g/mol. The lowest BCUT2D eigenvalue weighted by atomic mass is 9.83. The molecule has 2 aromatic rings. The highest BCUT2D eigenvalue weighted by molar-refractivity contribution is 6.20. The van der Waals surface area contributed by atoms with Crippen LogP contribution in [0.4, 0.5) is 0 Å². The first-order chi connectivity index (χ1) is 13.4. The molecule has 0 heterocycles. The van der Waals surface area contributed by atoms with Crippen LogP contribution in [-0.4, -0.2) is 24.6 Å². The van der Waals surface area contributed by atoms with Crippen molar-refractivity contribution in [2.75, 3.05) is 0 Å². The van der Waals surface area contributed by atoms with E-state index in [9.17, 15) is 9.59 Å². The van der Waals surface area contributed by atoms with Crippen molar-refractivity contribution in [3.05, 3.63) is 71.8 Å². The van der Waals surface area contributed by atoms with Gasteiger partial charge in [0.25, 0.3) is 5.97 Å². The molecular weight excluding hydrogens is 355 g/mol. The molecule has 0 aliphatic heterocycles. The molecule has 0 radical (unpaired) electrons. The predicted octanol–water partition coefficient (Wildman–Crippen LogP) is 3.12. The van der Waals surface area contributed by atoms with Crippen LogP contribution in [-0.2, 0) is 25.6 Å². The topological polar surface area (TPSA) is 72.8 Å². The van der Waals surface area contributed by atoms with Crippen molar-refractivity contribution in [3.63, 3.8) is 0 Å². The minimum atomic E-state index is -0.657. The second kappa shape index (κ2) is 8.19. The standard InChI is InChI=1S/C22H25BO5/c1-21(13-18(19(24)28-23-26)17-11-7-4-8-12-17)15-22(21,2)20(25)27-14-16-9-5-3-6-10-16/h3-12,18,23,26H,13-15H2,1-2H3. The highest BCUT2D eigenvalue weighted by Gasteiger charge is 2.67. The second-order valence-corrected chi connectivity index (χ2v) is 7.89. The Morgan fingerprint density at radius 3 is 2.29 bits per heavy atom. The fourth-order valence-electron chi connectivity index (χ4n) is 3.87. The molecule has 28 heavy (non-hydrogen) atoms. The monoisotopic (exact) mass is 380 g/mol. The molecule has 1 aliphatic rings. The number of carbonyl (C=O) groups excluding carboxylic acids is 2. The van der Waals surface area contributed by atoms with Gasteiger partial charge in [0.05, 0.1) is 11.3 Å². The Labute approximate surface area is 166 Å². The fraction of sp³-hybridized carbons (Fsp3) is 0.364. The SMILES string of the molecule is CC1(CC(C(=O)OBO)c2ccccc2)CC1(C)C(=O)OCc1ccccc1. The maximum absolute atomic E-state index is 12.8. The summed E-state index contributed by atoms with van der Waals surface area (Å²) in [4.78, 5) is 25.2. The summed E-state index contributed by atoms with van der Waals surface area (Å²) in [6, 6.07) is 18.9. The lowest BCUT2D eigenvalue weighted by Gasteiger charge is -2.23. The van der Waals surface area contributed by atoms with Crippen molar-refractivity contribution in [2.45, 2.75) is 39.2 Å². The Morgan fingerprint density at radius 1 is 1.07 bits per heavy atom. The molecule has 5 nitrogen and oxygen atoms in total. The summed E-state index contributed by atoms with van der Waals surface area (Å²) >= 11 is 0. The number of benzene rings is 2. The van der Waals surface area contributed by atoms with E-state index in [0.717, 1.165) is 11.1 Å². The number of esters is 1. The van der Waals surface area contributed by atoms with Gasteiger partial charge in [0.15, 0.2) is 0 Å². The molecule has 3 unspecified atom stereocenters. The summed E-state index contributed by atoms with van der Waals surface area (Å²) in [6.45, 7) is 4.12. The van der Waals surface area contributed by atoms with Crippen LogP contribution < -0.4 is 0 Å². The van der Waals surface area contributed by atoms with E-state index in [4.69, 9.17) is 14.4 Å². The van der Waals surface area contributed by atoms with E-state index < -0.39 is 25.0 Å². The van der Waals surface area contributed by atoms with Crippen LogP contribution in [0.5, 0.6) is 0 Å². The summed E-state index contributed by atoms with van der Waals surface area (Å²) in [7, 11) is -0.657. The molecule has 3 atom stereocenters. The molecule has 0 spiro atoms. The highest BCUT2D eigenvalue weighted by Crippen LogP contribution is 2.67. The first kappa shape index (κ1) is 20.1. The van der Waals surface area contributed by atoms with Crippen LogP contribution >= 0.6 is 0 Å². The smallest absolute Gasteiger partial charge is 0.506 e. The molecular formula is C22H25BO5. The van der Waals surface area contributed by atoms with Gasteiger partial charge in [-0.05, 0) is 36.3 Å². The van der Waals surface area contributed by atoms with E-state index >= 15 is 0 Å². The summed E-state index contributed by atoms with van der Waals surface area (Å²) in [5.74, 6) is -1.27. The van der Waals surface area contributed by atoms with Gasteiger partial charge in [-0.1, -0.05) is 67.6 Å². The zero-order valence-electron chi connectivity index (χ0n) is 16.3. The van der Waals surface area contributed by atoms with Crippen molar-refractivity contribution in [1.29, 1.82) is 0 Å². The van der Waals surface area contributed by atoms with E-state index in [-0.39, 0.29) is 18.0 Å². The third-order valence-electron chi connectivity index (χ3n) is 5.96. The fourth-order valence-corrected chi connectivity index (χ4v) is 3.87. The van der Waals surface area contributed by atoms with E-state index in [2.05, 4.69) is 0 Å². The van der Waals surface area contributed by atoms with Gasteiger partial charge >= 0.3 is 13.7 Å². The third-order valence-corrected chi connectivity index (χ3v) is 5.96. The average Bonchev–Trinajstić information content (AvgIpc) is 3.28. The molecule has 0 saturated heterocycles. The van der Waals surface area contributed by atoms with Crippen molar-refractivity contribution in [2.24, 2.45) is 10.8 Å². The molecule has 0 amide bonds. The van der Waals surface area contributed by atoms with Crippen LogP contribution in [0.1, 0.15) is 43.7 Å². The molecule has 3 rings (SSSR count). The quantitative estimate of drug-likeness (QED) is 0.563. The number of ether oxygens (including phenoxy) is 1. The van der Waals surface area contributed by atoms with Gasteiger partial charge in [0.2, 0.25) is 0 Å². The van der Waals surface area contributed by atoms with Gasteiger partial charge in [-0.15, -0.1) is 0 Å². The van der Waals surface area contributed by atoms with Crippen molar-refractivity contribution < 1.29 is 24.0 Å². The summed E-state index contributed by atoms with van der Waals surface area (Å²) < 4.78 is 10.4. The molecule has 1 aliphatic carbocycles. The predicted molar refractivity (Wildman–Crippen MR) is 106 cm³/mol. The van der Waals surface area contributed by atoms with Crippen LogP contribution in [0.25, 0.3) is 0 Å². The van der Waals surface area contributed by atoms with Crippen LogP contribution in [0.2, 0.25) is 0 Å². The second-order valence-electron chi connectivity index (χ2n) is 7.89. The molecule has 0 aromatic heterocycles. The maximum Gasteiger partial charge on any atom is 0.506 e. The molecule has 146 valence electrons. The molecule has 0 bridgehead atoms. The zero-order chi connectivity index (χ0) is 20.2. The largest absolute Gasteiger partial charge is 0.512 e. The molecule has 1 fully saturated rings. The number of hydrogen-bond donors (Lipinski definition) is 1. The van der Waals surface area contributed by atoms with Crippen molar-refractivity contribution >= 4 is 19.6 Å². The molecule has 2 aromatic carbocycles. The Bertz CT molecular complexity index is 825. The number of carbonyl (C=O) groups is 2. The van der Waals surface area contributed by atoms with Crippen LogP contribution in [0.15, 0.2) is 60.7 Å². The molecule has 6 heteroatoms. The minimum Gasteiger partial charge on any atom is -0.512 e. The normalized spacial score (nSPS) is 24.1. The van der Waals surface area contributed by atoms with E-state index in [0.29, 0.717) is 12.8 Å². The van der Waals surface area contributed by atoms with Crippen molar-refractivity contribution in [1.82, 2.24) is 0 Å². The zero-order valence-corrected chi connectivity index (χ0v) is 16.3.